The number of carbonyl (C=O) groups excluding carboxylic acids is 2. The summed E-state index contributed by atoms with van der Waals surface area (Å²) in [5.74, 6) is -2.53. The normalized spacial score (nSPS) is 24.9. The lowest BCUT2D eigenvalue weighted by Crippen LogP contribution is -2.64. The molecule has 1 aliphatic heterocycles. The van der Waals surface area contributed by atoms with Gasteiger partial charge in [0.25, 0.3) is 0 Å². The Balaban J connectivity index is 3.17. The Kier molecular flexibility index (Phi) is 9.69. The molecule has 12 heteroatoms. The molecule has 0 unspecified atom stereocenters. The molecule has 160 valence electrons. The molecule has 0 aromatic carbocycles. The molecule has 0 aromatic heterocycles. The van der Waals surface area contributed by atoms with Crippen molar-refractivity contribution < 1.29 is 39.5 Å². The number of ether oxygens (including phenoxy) is 1. The average Bonchev–Trinajstić information content (AvgIpc) is 2.65. The van der Waals surface area contributed by atoms with Gasteiger partial charge in [-0.05, 0) is 24.5 Å². The van der Waals surface area contributed by atoms with E-state index in [4.69, 9.17) is 15.6 Å². The molecule has 2 amide bonds. The molecule has 0 saturated heterocycles. The van der Waals surface area contributed by atoms with Crippen molar-refractivity contribution in [3.63, 3.8) is 0 Å². The third kappa shape index (κ3) is 6.63. The maximum absolute atomic E-state index is 12.4. The van der Waals surface area contributed by atoms with Crippen LogP contribution in [-0.2, 0) is 19.1 Å². The zero-order chi connectivity index (χ0) is 21.4. The number of rotatable bonds is 10. The first-order chi connectivity index (χ1) is 13.1. The molecular formula is C16H27N3O8S. The van der Waals surface area contributed by atoms with Crippen LogP contribution in [0.4, 0.5) is 0 Å². The van der Waals surface area contributed by atoms with Crippen molar-refractivity contribution in [1.29, 1.82) is 0 Å². The van der Waals surface area contributed by atoms with E-state index in [1.807, 2.05) is 6.26 Å². The highest BCUT2D eigenvalue weighted by atomic mass is 32.2. The number of carboxylic acids is 1. The van der Waals surface area contributed by atoms with Gasteiger partial charge in [0.1, 0.15) is 18.3 Å². The van der Waals surface area contributed by atoms with Crippen LogP contribution in [0.1, 0.15) is 13.3 Å². The van der Waals surface area contributed by atoms with Crippen LogP contribution in [0.15, 0.2) is 11.8 Å². The summed E-state index contributed by atoms with van der Waals surface area (Å²) in [5.41, 5.74) is 5.82. The van der Waals surface area contributed by atoms with Crippen molar-refractivity contribution in [2.75, 3.05) is 18.6 Å². The van der Waals surface area contributed by atoms with Crippen LogP contribution >= 0.6 is 11.8 Å². The number of thioether (sulfide) groups is 1. The number of hydrogen-bond donors (Lipinski definition) is 7. The number of carbonyl (C=O) groups is 3. The lowest BCUT2D eigenvalue weighted by Gasteiger charge is -2.40. The monoisotopic (exact) mass is 421 g/mol. The predicted molar refractivity (Wildman–Crippen MR) is 100 cm³/mol. The van der Waals surface area contributed by atoms with Crippen LogP contribution in [0.5, 0.6) is 0 Å². The Bertz CT molecular complexity index is 602. The Morgan fingerprint density at radius 1 is 1.32 bits per heavy atom. The molecule has 8 N–H and O–H groups in total. The summed E-state index contributed by atoms with van der Waals surface area (Å²) in [5, 5.41) is 43.4. The Morgan fingerprint density at radius 2 is 1.96 bits per heavy atom. The van der Waals surface area contributed by atoms with E-state index in [0.717, 1.165) is 6.08 Å². The van der Waals surface area contributed by atoms with Crippen molar-refractivity contribution in [1.82, 2.24) is 10.6 Å². The molecule has 0 saturated carbocycles. The summed E-state index contributed by atoms with van der Waals surface area (Å²) < 4.78 is 5.22. The number of nitrogens with two attached hydrogens (primary N) is 1. The van der Waals surface area contributed by atoms with E-state index in [9.17, 15) is 29.7 Å². The van der Waals surface area contributed by atoms with Gasteiger partial charge in [-0.3, -0.25) is 9.59 Å². The number of aliphatic carboxylic acids is 1. The van der Waals surface area contributed by atoms with Crippen molar-refractivity contribution in [3.05, 3.63) is 11.8 Å². The minimum absolute atomic E-state index is 0.381. The summed E-state index contributed by atoms with van der Waals surface area (Å²) in [7, 11) is 0. The molecule has 1 heterocycles. The first kappa shape index (κ1) is 24.2. The standard InChI is InChI=1S/C16H27N3O8S/c1-7(21)18-12-9(19-15(24)8(17)3-4-28-2)5-11(16(25)26)27-14(12)13(23)10(22)6-20/h5,8-10,12-14,20,22-23H,3-4,6,17H2,1-2H3,(H,18,21)(H,19,24)(H,25,26)/t8-,9-,10+,12+,13+,14+/m0/s1. The molecule has 1 rings (SSSR count). The first-order valence-corrected chi connectivity index (χ1v) is 9.92. The molecule has 28 heavy (non-hydrogen) atoms. The van der Waals surface area contributed by atoms with Crippen molar-refractivity contribution in [3.8, 4) is 0 Å². The lowest BCUT2D eigenvalue weighted by molar-refractivity contribution is -0.147. The topological polar surface area (TPSA) is 191 Å². The zero-order valence-corrected chi connectivity index (χ0v) is 16.4. The second-order valence-electron chi connectivity index (χ2n) is 6.31. The number of amides is 2. The molecule has 6 atom stereocenters. The van der Waals surface area contributed by atoms with Crippen LogP contribution in [0.2, 0.25) is 0 Å². The Labute approximate surface area is 166 Å². The molecule has 0 radical (unpaired) electrons. The highest BCUT2D eigenvalue weighted by Crippen LogP contribution is 2.23. The summed E-state index contributed by atoms with van der Waals surface area (Å²) in [6.07, 6.45) is -1.53. The molecule has 1 aliphatic rings. The first-order valence-electron chi connectivity index (χ1n) is 8.53. The SMILES string of the molecule is CSCC[C@H](N)C(=O)N[C@H]1C=C(C(=O)O)O[C@@H]([C@H](O)[C@H](O)CO)[C@@H]1NC(C)=O. The number of nitrogens with one attached hydrogen (secondary N) is 2. The molecule has 0 bridgehead atoms. The van der Waals surface area contributed by atoms with E-state index in [1.54, 1.807) is 0 Å². The minimum Gasteiger partial charge on any atom is -0.478 e. The van der Waals surface area contributed by atoms with E-state index in [0.29, 0.717) is 12.2 Å². The van der Waals surface area contributed by atoms with Crippen LogP contribution in [-0.4, -0.2) is 93.3 Å². The van der Waals surface area contributed by atoms with E-state index < -0.39 is 66.6 Å². The Morgan fingerprint density at radius 3 is 2.46 bits per heavy atom. The van der Waals surface area contributed by atoms with Gasteiger partial charge in [0.15, 0.2) is 0 Å². The quantitative estimate of drug-likeness (QED) is 0.193. The van der Waals surface area contributed by atoms with Crippen LogP contribution < -0.4 is 16.4 Å². The largest absolute Gasteiger partial charge is 0.478 e. The summed E-state index contributed by atoms with van der Waals surface area (Å²) >= 11 is 1.51. The van der Waals surface area contributed by atoms with Gasteiger partial charge in [-0.25, -0.2) is 4.79 Å². The smallest absolute Gasteiger partial charge is 0.370 e. The molecule has 0 fully saturated rings. The molecule has 0 spiro atoms. The van der Waals surface area contributed by atoms with Crippen LogP contribution in [0, 0.1) is 0 Å². The molecule has 0 aliphatic carbocycles. The van der Waals surface area contributed by atoms with Gasteiger partial charge in [0, 0.05) is 6.92 Å². The summed E-state index contributed by atoms with van der Waals surface area (Å²) in [6.45, 7) is 0.363. The Hall–Kier alpha value is -1.86. The van der Waals surface area contributed by atoms with Gasteiger partial charge in [-0.15, -0.1) is 0 Å². The third-order valence-corrected chi connectivity index (χ3v) is 4.76. The predicted octanol–water partition coefficient (Wildman–Crippen LogP) is -2.86. The van der Waals surface area contributed by atoms with E-state index >= 15 is 0 Å². The highest BCUT2D eigenvalue weighted by Gasteiger charge is 2.44. The number of aliphatic hydroxyl groups is 3. The average molecular weight is 421 g/mol. The van der Waals surface area contributed by atoms with Crippen molar-refractivity contribution in [2.45, 2.75) is 49.8 Å². The zero-order valence-electron chi connectivity index (χ0n) is 15.6. The maximum Gasteiger partial charge on any atom is 0.370 e. The second kappa shape index (κ2) is 11.2. The lowest BCUT2D eigenvalue weighted by atomic mass is 9.91. The van der Waals surface area contributed by atoms with E-state index in [-0.39, 0.29) is 0 Å². The number of aliphatic hydroxyl groups excluding tert-OH is 3. The fourth-order valence-electron chi connectivity index (χ4n) is 2.65. The van der Waals surface area contributed by atoms with E-state index in [2.05, 4.69) is 10.6 Å². The minimum atomic E-state index is -1.74. The third-order valence-electron chi connectivity index (χ3n) is 4.11. The van der Waals surface area contributed by atoms with Gasteiger partial charge < -0.3 is 41.5 Å². The van der Waals surface area contributed by atoms with Gasteiger partial charge >= 0.3 is 5.97 Å². The molecular weight excluding hydrogens is 394 g/mol. The van der Waals surface area contributed by atoms with Crippen molar-refractivity contribution in [2.24, 2.45) is 5.73 Å². The second-order valence-corrected chi connectivity index (χ2v) is 7.29. The highest BCUT2D eigenvalue weighted by molar-refractivity contribution is 7.98. The molecule has 0 aromatic rings. The number of carboxylic acid groups (broad SMARTS) is 1. The fraction of sp³-hybridized carbons (Fsp3) is 0.688. The number of hydrogen-bond acceptors (Lipinski definition) is 9. The van der Waals surface area contributed by atoms with Gasteiger partial charge in [-0.2, -0.15) is 11.8 Å². The van der Waals surface area contributed by atoms with Crippen LogP contribution in [0.3, 0.4) is 0 Å². The maximum atomic E-state index is 12.4. The summed E-state index contributed by atoms with van der Waals surface area (Å²) in [6, 6.07) is -3.06. The molecule has 11 nitrogen and oxygen atoms in total. The van der Waals surface area contributed by atoms with Gasteiger partial charge in [-0.1, -0.05) is 0 Å². The van der Waals surface area contributed by atoms with Gasteiger partial charge in [0.05, 0.1) is 24.7 Å². The van der Waals surface area contributed by atoms with Crippen molar-refractivity contribution >= 4 is 29.5 Å². The van der Waals surface area contributed by atoms with Gasteiger partial charge in [0.2, 0.25) is 17.6 Å². The van der Waals surface area contributed by atoms with Crippen LogP contribution in [0.25, 0.3) is 0 Å². The fourth-order valence-corrected chi connectivity index (χ4v) is 3.14. The van der Waals surface area contributed by atoms with E-state index in [1.165, 1.54) is 18.7 Å². The summed E-state index contributed by atoms with van der Waals surface area (Å²) in [4.78, 5) is 35.4.